The number of hydrogen-bond donors (Lipinski definition) is 0. The average molecular weight is 497 g/mol. The van der Waals surface area contributed by atoms with Gasteiger partial charge in [-0.3, -0.25) is 4.28 Å². The van der Waals surface area contributed by atoms with Crippen molar-refractivity contribution in [3.8, 4) is 5.75 Å². The third-order valence-corrected chi connectivity index (χ3v) is 6.87. The maximum absolute atomic E-state index is 13.3. The van der Waals surface area contributed by atoms with Crippen LogP contribution in [0.15, 0.2) is 99.9 Å². The molecule has 3 aromatic carbocycles. The van der Waals surface area contributed by atoms with E-state index in [1.165, 1.54) is 21.9 Å². The van der Waals surface area contributed by atoms with Gasteiger partial charge < -0.3 is 4.74 Å². The predicted molar refractivity (Wildman–Crippen MR) is 122 cm³/mol. The van der Waals surface area contributed by atoms with Gasteiger partial charge in [0.25, 0.3) is 0 Å². The van der Waals surface area contributed by atoms with E-state index in [4.69, 9.17) is 4.74 Å². The van der Waals surface area contributed by atoms with Gasteiger partial charge in [-0.25, -0.2) is 0 Å². The summed E-state index contributed by atoms with van der Waals surface area (Å²) in [6, 6.07) is 25.1. The first-order chi connectivity index (χ1) is 15.6. The maximum atomic E-state index is 13.3. The van der Waals surface area contributed by atoms with Gasteiger partial charge in [0, 0.05) is 5.56 Å². The van der Waals surface area contributed by atoms with E-state index in [0.29, 0.717) is 24.4 Å². The Morgan fingerprint density at radius 1 is 0.879 bits per heavy atom. The highest BCUT2D eigenvalue weighted by Gasteiger charge is 2.38. The van der Waals surface area contributed by atoms with Crippen LogP contribution in [0.2, 0.25) is 0 Å². The van der Waals surface area contributed by atoms with Crippen molar-refractivity contribution in [2.24, 2.45) is 5.16 Å². The Hall–Kier alpha value is -2.98. The van der Waals surface area contributed by atoms with Gasteiger partial charge in [0.15, 0.2) is 21.3 Å². The summed E-state index contributed by atoms with van der Waals surface area (Å²) in [7, 11) is -4.40. The van der Waals surface area contributed by atoms with E-state index in [9.17, 15) is 21.6 Å². The quantitative estimate of drug-likeness (QED) is 0.236. The molecule has 0 N–H and O–H groups in total. The first-order valence-electron chi connectivity index (χ1n) is 9.71. The fourth-order valence-corrected chi connectivity index (χ4v) is 5.04. The zero-order chi connectivity index (χ0) is 23.9. The van der Waals surface area contributed by atoms with Crippen molar-refractivity contribution in [3.05, 3.63) is 90.5 Å². The first kappa shape index (κ1) is 24.7. The van der Waals surface area contributed by atoms with Gasteiger partial charge in [-0.05, 0) is 48.5 Å². The summed E-state index contributed by atoms with van der Waals surface area (Å²) < 4.78 is 71.6. The molecule has 10 heteroatoms. The highest BCUT2D eigenvalue weighted by Crippen LogP contribution is 2.26. The number of nitrogens with zero attached hydrogens (tertiary/aromatic N) is 1. The second-order valence-electron chi connectivity index (χ2n) is 6.81. The normalized spacial score (nSPS) is 12.6. The molecule has 0 saturated carbocycles. The van der Waals surface area contributed by atoms with E-state index in [1.807, 2.05) is 36.4 Å². The van der Waals surface area contributed by atoms with Crippen LogP contribution in [0.25, 0.3) is 0 Å². The van der Waals surface area contributed by atoms with Crippen LogP contribution in [0.1, 0.15) is 5.56 Å². The SMILES string of the molecule is CS(=O)(=O)O/N=C(/c1ccc(OCC[S+](c2ccccc2)c2ccccc2)cc1)C(F)(F)F. The third-order valence-electron chi connectivity index (χ3n) is 4.27. The van der Waals surface area contributed by atoms with Gasteiger partial charge >= 0.3 is 16.3 Å². The average Bonchev–Trinajstić information content (AvgIpc) is 2.77. The molecular formula is C23H21F3NO4S2+. The minimum atomic E-state index is -4.90. The molecule has 0 unspecified atom stereocenters. The topological polar surface area (TPSA) is 65.0 Å². The highest BCUT2D eigenvalue weighted by molar-refractivity contribution is 7.97. The summed E-state index contributed by atoms with van der Waals surface area (Å²) in [5.41, 5.74) is -1.79. The lowest BCUT2D eigenvalue weighted by Gasteiger charge is -2.12. The lowest BCUT2D eigenvalue weighted by molar-refractivity contribution is -0.0596. The fraction of sp³-hybridized carbons (Fsp3) is 0.174. The molecule has 0 heterocycles. The number of ether oxygens (including phenoxy) is 1. The van der Waals surface area contributed by atoms with E-state index in [2.05, 4.69) is 33.7 Å². The third kappa shape index (κ3) is 7.54. The van der Waals surface area contributed by atoms with Crippen LogP contribution in [0.3, 0.4) is 0 Å². The number of rotatable bonds is 9. The zero-order valence-corrected chi connectivity index (χ0v) is 19.2. The van der Waals surface area contributed by atoms with Crippen LogP contribution in [0.5, 0.6) is 5.75 Å². The van der Waals surface area contributed by atoms with E-state index < -0.39 is 22.0 Å². The van der Waals surface area contributed by atoms with Crippen molar-refractivity contribution in [1.29, 1.82) is 0 Å². The number of benzene rings is 3. The summed E-state index contributed by atoms with van der Waals surface area (Å²) in [5.74, 6) is 1.07. The Balaban J connectivity index is 1.70. The molecule has 0 spiro atoms. The molecule has 0 aliphatic carbocycles. The van der Waals surface area contributed by atoms with E-state index >= 15 is 0 Å². The van der Waals surface area contributed by atoms with Crippen LogP contribution in [0, 0.1) is 0 Å². The predicted octanol–water partition coefficient (Wildman–Crippen LogP) is 5.04. The monoisotopic (exact) mass is 496 g/mol. The molecular weight excluding hydrogens is 475 g/mol. The van der Waals surface area contributed by atoms with Crippen LogP contribution < -0.4 is 4.74 Å². The second-order valence-corrected chi connectivity index (χ2v) is 10.5. The lowest BCUT2D eigenvalue weighted by atomic mass is 10.1. The molecule has 0 amide bonds. The van der Waals surface area contributed by atoms with Gasteiger partial charge in [0.2, 0.25) is 0 Å². The van der Waals surface area contributed by atoms with Crippen molar-refractivity contribution in [2.75, 3.05) is 18.6 Å². The summed E-state index contributed by atoms with van der Waals surface area (Å²) >= 11 is 0. The Labute approximate surface area is 193 Å². The molecule has 0 saturated heterocycles. The molecule has 3 aromatic rings. The molecule has 0 fully saturated rings. The number of alkyl halides is 3. The minimum Gasteiger partial charge on any atom is -0.489 e. The summed E-state index contributed by atoms with van der Waals surface area (Å²) in [5, 5.41) is 2.78. The summed E-state index contributed by atoms with van der Waals surface area (Å²) in [6.45, 7) is 0.351. The van der Waals surface area contributed by atoms with Crippen molar-refractivity contribution in [3.63, 3.8) is 0 Å². The molecule has 3 rings (SSSR count). The first-order valence-corrected chi connectivity index (χ1v) is 12.9. The maximum Gasteiger partial charge on any atom is 0.437 e. The Morgan fingerprint density at radius 3 is 1.85 bits per heavy atom. The van der Waals surface area contributed by atoms with Gasteiger partial charge in [0.05, 0.1) is 17.2 Å². The van der Waals surface area contributed by atoms with Gasteiger partial charge in [-0.15, -0.1) is 0 Å². The van der Waals surface area contributed by atoms with Gasteiger partial charge in [-0.2, -0.15) is 21.6 Å². The molecule has 0 atom stereocenters. The zero-order valence-electron chi connectivity index (χ0n) is 17.5. The Bertz CT molecular complexity index is 1130. The number of oxime groups is 1. The fourth-order valence-electron chi connectivity index (χ4n) is 2.87. The smallest absolute Gasteiger partial charge is 0.437 e. The molecule has 33 heavy (non-hydrogen) atoms. The molecule has 0 aromatic heterocycles. The van der Waals surface area contributed by atoms with Gasteiger partial charge in [0.1, 0.15) is 12.4 Å². The molecule has 0 bridgehead atoms. The highest BCUT2D eigenvalue weighted by atomic mass is 32.2. The number of hydrogen-bond acceptors (Lipinski definition) is 5. The minimum absolute atomic E-state index is 0.226. The van der Waals surface area contributed by atoms with E-state index in [0.717, 1.165) is 12.1 Å². The molecule has 5 nitrogen and oxygen atoms in total. The Morgan fingerprint density at radius 2 is 1.39 bits per heavy atom. The Kier molecular flexibility index (Phi) is 8.04. The largest absolute Gasteiger partial charge is 0.489 e. The molecule has 0 aliphatic heterocycles. The summed E-state index contributed by atoms with van der Waals surface area (Å²) in [4.78, 5) is 2.33. The van der Waals surface area contributed by atoms with Gasteiger partial charge in [-0.1, -0.05) is 41.6 Å². The van der Waals surface area contributed by atoms with Crippen LogP contribution >= 0.6 is 0 Å². The molecule has 0 radical (unpaired) electrons. The summed E-state index contributed by atoms with van der Waals surface area (Å²) in [6.07, 6.45) is -4.28. The van der Waals surface area contributed by atoms with Crippen molar-refractivity contribution < 1.29 is 30.6 Å². The second kappa shape index (κ2) is 10.8. The van der Waals surface area contributed by atoms with E-state index in [1.54, 1.807) is 0 Å². The number of halogens is 3. The van der Waals surface area contributed by atoms with Crippen molar-refractivity contribution in [1.82, 2.24) is 0 Å². The van der Waals surface area contributed by atoms with Crippen LogP contribution in [0.4, 0.5) is 13.2 Å². The van der Waals surface area contributed by atoms with Crippen LogP contribution in [-0.4, -0.2) is 38.9 Å². The molecule has 174 valence electrons. The molecule has 0 aliphatic rings. The standard InChI is InChI=1S/C23H21F3NO4S2/c1-33(28,29)31-27-22(23(24,25)26)18-12-14-19(15-13-18)30-16-17-32(20-8-4-2-5-9-20)21-10-6-3-7-11-21/h2-15H,16-17H2,1H3/q+1/b27-22-. The van der Waals surface area contributed by atoms with E-state index in [-0.39, 0.29) is 16.5 Å². The van der Waals surface area contributed by atoms with Crippen molar-refractivity contribution in [2.45, 2.75) is 16.0 Å². The van der Waals surface area contributed by atoms with Crippen molar-refractivity contribution >= 4 is 26.7 Å². The van der Waals surface area contributed by atoms with Crippen LogP contribution in [-0.2, 0) is 25.3 Å². The lowest BCUT2D eigenvalue weighted by Crippen LogP contribution is -2.25.